The second-order valence-corrected chi connectivity index (χ2v) is 6.53. The Morgan fingerprint density at radius 3 is 2.55 bits per heavy atom. The number of alkyl halides is 3. The van der Waals surface area contributed by atoms with Crippen molar-refractivity contribution in [3.63, 3.8) is 0 Å². The third-order valence-corrected chi connectivity index (χ3v) is 4.58. The average Bonchev–Trinajstić information content (AvgIpc) is 2.96. The molecule has 2 aromatic carbocycles. The Kier molecular flexibility index (Phi) is 5.63. The van der Waals surface area contributed by atoms with E-state index in [1.54, 1.807) is 44.2 Å². The summed E-state index contributed by atoms with van der Waals surface area (Å²) < 4.78 is 45.7. The highest BCUT2D eigenvalue weighted by molar-refractivity contribution is 5.93. The molecular formula is C21H20F3N3O2. The number of aromatic nitrogens is 2. The maximum atomic E-state index is 13.0. The van der Waals surface area contributed by atoms with Gasteiger partial charge in [0.25, 0.3) is 0 Å². The minimum absolute atomic E-state index is 0.0364. The van der Waals surface area contributed by atoms with Crippen molar-refractivity contribution >= 4 is 11.6 Å². The summed E-state index contributed by atoms with van der Waals surface area (Å²) in [5.74, 6) is 0.262. The van der Waals surface area contributed by atoms with Crippen molar-refractivity contribution in [2.45, 2.75) is 26.4 Å². The van der Waals surface area contributed by atoms with Crippen LogP contribution in [0.5, 0.6) is 5.75 Å². The molecule has 0 aliphatic carbocycles. The number of benzene rings is 2. The molecule has 3 aromatic rings. The minimum atomic E-state index is -4.44. The average molecular weight is 403 g/mol. The van der Waals surface area contributed by atoms with Gasteiger partial charge < -0.3 is 10.1 Å². The van der Waals surface area contributed by atoms with E-state index in [0.717, 1.165) is 12.1 Å². The first-order valence-corrected chi connectivity index (χ1v) is 8.86. The number of carbonyl (C=O) groups is 1. The molecule has 0 aliphatic rings. The maximum absolute atomic E-state index is 13.0. The van der Waals surface area contributed by atoms with Crippen molar-refractivity contribution < 1.29 is 22.7 Å². The summed E-state index contributed by atoms with van der Waals surface area (Å²) in [5, 5.41) is 7.13. The van der Waals surface area contributed by atoms with Gasteiger partial charge in [0.05, 0.1) is 36.2 Å². The van der Waals surface area contributed by atoms with E-state index in [2.05, 4.69) is 10.4 Å². The van der Waals surface area contributed by atoms with Crippen molar-refractivity contribution in [3.05, 3.63) is 71.0 Å². The Morgan fingerprint density at radius 1 is 1.14 bits per heavy atom. The van der Waals surface area contributed by atoms with Gasteiger partial charge in [0.1, 0.15) is 5.75 Å². The van der Waals surface area contributed by atoms with E-state index in [4.69, 9.17) is 4.74 Å². The van der Waals surface area contributed by atoms with Gasteiger partial charge in [-0.05, 0) is 44.2 Å². The van der Waals surface area contributed by atoms with Crippen LogP contribution in [0.25, 0.3) is 5.69 Å². The number of halogens is 3. The highest BCUT2D eigenvalue weighted by Gasteiger charge is 2.30. The number of hydrogen-bond acceptors (Lipinski definition) is 3. The number of ether oxygens (including phenoxy) is 1. The molecule has 29 heavy (non-hydrogen) atoms. The smallest absolute Gasteiger partial charge is 0.416 e. The zero-order chi connectivity index (χ0) is 21.2. The highest BCUT2D eigenvalue weighted by atomic mass is 19.4. The SMILES string of the molecule is COc1ccccc1NC(=O)Cc1c(C)nn(-c2cccc(C(F)(F)F)c2)c1C. The topological polar surface area (TPSA) is 56.1 Å². The first-order valence-electron chi connectivity index (χ1n) is 8.86. The molecule has 0 fully saturated rings. The van der Waals surface area contributed by atoms with Crippen molar-refractivity contribution in [3.8, 4) is 11.4 Å². The van der Waals surface area contributed by atoms with Crippen LogP contribution in [0.2, 0.25) is 0 Å². The molecule has 1 amide bonds. The standard InChI is InChI=1S/C21H20F3N3O2/c1-13-17(12-20(28)25-18-9-4-5-10-19(18)29-3)14(2)27(26-13)16-8-6-7-15(11-16)21(22,23)24/h4-11H,12H2,1-3H3,(H,25,28). The van der Waals surface area contributed by atoms with Crippen molar-refractivity contribution in [2.24, 2.45) is 0 Å². The summed E-state index contributed by atoms with van der Waals surface area (Å²) in [5.41, 5.74) is 1.93. The van der Waals surface area contributed by atoms with Crippen LogP contribution in [0.1, 0.15) is 22.5 Å². The molecule has 0 atom stereocenters. The Morgan fingerprint density at radius 2 is 1.86 bits per heavy atom. The number of hydrogen-bond donors (Lipinski definition) is 1. The Hall–Kier alpha value is -3.29. The number of anilines is 1. The van der Waals surface area contributed by atoms with Gasteiger partial charge in [-0.1, -0.05) is 18.2 Å². The first-order chi connectivity index (χ1) is 13.7. The Balaban J connectivity index is 1.86. The molecule has 0 spiro atoms. The molecule has 0 saturated carbocycles. The zero-order valence-corrected chi connectivity index (χ0v) is 16.2. The van der Waals surface area contributed by atoms with Gasteiger partial charge in [-0.25, -0.2) is 4.68 Å². The van der Waals surface area contributed by atoms with Crippen molar-refractivity contribution in [1.82, 2.24) is 9.78 Å². The van der Waals surface area contributed by atoms with Crippen LogP contribution in [0.3, 0.4) is 0 Å². The Bertz CT molecular complexity index is 1040. The molecule has 1 N–H and O–H groups in total. The number of rotatable bonds is 5. The molecule has 3 rings (SSSR count). The summed E-state index contributed by atoms with van der Waals surface area (Å²) in [6, 6.07) is 12.0. The third kappa shape index (κ3) is 4.42. The van der Waals surface area contributed by atoms with Gasteiger partial charge in [-0.15, -0.1) is 0 Å². The van der Waals surface area contributed by atoms with Gasteiger partial charge in [-0.2, -0.15) is 18.3 Å². The minimum Gasteiger partial charge on any atom is -0.495 e. The number of methoxy groups -OCH3 is 1. The van der Waals surface area contributed by atoms with Crippen LogP contribution in [0.15, 0.2) is 48.5 Å². The number of nitrogens with one attached hydrogen (secondary N) is 1. The highest BCUT2D eigenvalue weighted by Crippen LogP contribution is 2.31. The summed E-state index contributed by atoms with van der Waals surface area (Å²) in [6.45, 7) is 3.45. The lowest BCUT2D eigenvalue weighted by atomic mass is 10.1. The Labute approximate surface area is 166 Å². The number of para-hydroxylation sites is 2. The van der Waals surface area contributed by atoms with Crippen molar-refractivity contribution in [1.29, 1.82) is 0 Å². The molecule has 0 aliphatic heterocycles. The fourth-order valence-corrected chi connectivity index (χ4v) is 3.10. The largest absolute Gasteiger partial charge is 0.495 e. The van der Waals surface area contributed by atoms with Gasteiger partial charge in [0.15, 0.2) is 0 Å². The number of nitrogens with zero attached hydrogens (tertiary/aromatic N) is 2. The maximum Gasteiger partial charge on any atom is 0.416 e. The number of carbonyl (C=O) groups excluding carboxylic acids is 1. The molecule has 0 radical (unpaired) electrons. The lowest BCUT2D eigenvalue weighted by molar-refractivity contribution is -0.137. The monoisotopic (exact) mass is 403 g/mol. The molecule has 1 heterocycles. The van der Waals surface area contributed by atoms with Crippen molar-refractivity contribution in [2.75, 3.05) is 12.4 Å². The predicted molar refractivity (Wildman–Crippen MR) is 103 cm³/mol. The zero-order valence-electron chi connectivity index (χ0n) is 16.2. The number of aryl methyl sites for hydroxylation is 1. The van der Waals surface area contributed by atoms with E-state index in [1.165, 1.54) is 17.9 Å². The molecule has 8 heteroatoms. The molecule has 152 valence electrons. The lowest BCUT2D eigenvalue weighted by Crippen LogP contribution is -2.16. The van der Waals surface area contributed by atoms with Gasteiger partial charge in [0.2, 0.25) is 5.91 Å². The van der Waals surface area contributed by atoms with Gasteiger partial charge in [-0.3, -0.25) is 4.79 Å². The van der Waals surface area contributed by atoms with Gasteiger partial charge in [0, 0.05) is 11.3 Å². The molecule has 0 saturated heterocycles. The van der Waals surface area contributed by atoms with E-state index < -0.39 is 11.7 Å². The molecule has 0 unspecified atom stereocenters. The van der Waals surface area contributed by atoms with Crippen LogP contribution in [-0.2, 0) is 17.4 Å². The predicted octanol–water partition coefficient (Wildman–Crippen LogP) is 4.70. The van der Waals surface area contributed by atoms with Gasteiger partial charge >= 0.3 is 6.18 Å². The van der Waals surface area contributed by atoms with Crippen LogP contribution >= 0.6 is 0 Å². The lowest BCUT2D eigenvalue weighted by Gasteiger charge is -2.11. The number of amides is 1. The van der Waals surface area contributed by atoms with E-state index in [9.17, 15) is 18.0 Å². The molecule has 0 bridgehead atoms. The second-order valence-electron chi connectivity index (χ2n) is 6.53. The van der Waals surface area contributed by atoms with E-state index in [0.29, 0.717) is 28.4 Å². The molecule has 1 aromatic heterocycles. The quantitative estimate of drug-likeness (QED) is 0.672. The van der Waals surface area contributed by atoms with Crippen LogP contribution in [0, 0.1) is 13.8 Å². The van der Waals surface area contributed by atoms with E-state index >= 15 is 0 Å². The molecular weight excluding hydrogens is 383 g/mol. The fourth-order valence-electron chi connectivity index (χ4n) is 3.10. The summed E-state index contributed by atoms with van der Waals surface area (Å²) >= 11 is 0. The summed E-state index contributed by atoms with van der Waals surface area (Å²) in [4.78, 5) is 12.5. The molecule has 5 nitrogen and oxygen atoms in total. The normalized spacial score (nSPS) is 11.4. The van der Waals surface area contributed by atoms with Crippen LogP contribution < -0.4 is 10.1 Å². The third-order valence-electron chi connectivity index (χ3n) is 4.58. The first kappa shape index (κ1) is 20.4. The summed E-state index contributed by atoms with van der Waals surface area (Å²) in [7, 11) is 1.51. The summed E-state index contributed by atoms with van der Waals surface area (Å²) in [6.07, 6.45) is -4.40. The second kappa shape index (κ2) is 7.98. The van der Waals surface area contributed by atoms with Crippen LogP contribution in [0.4, 0.5) is 18.9 Å². The van der Waals surface area contributed by atoms with Crippen LogP contribution in [-0.4, -0.2) is 22.8 Å². The van der Waals surface area contributed by atoms with E-state index in [-0.39, 0.29) is 18.0 Å². The fraction of sp³-hybridized carbons (Fsp3) is 0.238. The van der Waals surface area contributed by atoms with E-state index in [1.807, 2.05) is 0 Å².